The zero-order valence-corrected chi connectivity index (χ0v) is 14.3. The highest BCUT2D eigenvalue weighted by Crippen LogP contribution is 2.21. The van der Waals surface area contributed by atoms with E-state index in [-0.39, 0.29) is 5.91 Å². The second kappa shape index (κ2) is 6.76. The number of carbonyl (C=O) groups excluding carboxylic acids is 1. The lowest BCUT2D eigenvalue weighted by atomic mass is 10.2. The van der Waals surface area contributed by atoms with E-state index in [9.17, 15) is 4.79 Å². The standard InChI is InChI=1S/C20H18N4O2/c1-26-18-6-7-19-15(11-18)10-16(23-19)12-22-20(25)14-2-4-17(5-3-14)24-9-8-21-13-24/h2-11,13,23H,12H2,1H3,(H,22,25). The Morgan fingerprint density at radius 3 is 2.77 bits per heavy atom. The van der Waals surface area contributed by atoms with Gasteiger partial charge in [0, 0.05) is 40.2 Å². The number of amides is 1. The summed E-state index contributed by atoms with van der Waals surface area (Å²) in [6, 6.07) is 15.3. The van der Waals surface area contributed by atoms with Crippen molar-refractivity contribution < 1.29 is 9.53 Å². The fraction of sp³-hybridized carbons (Fsp3) is 0.100. The molecule has 2 aromatic carbocycles. The van der Waals surface area contributed by atoms with Crippen LogP contribution in [0.5, 0.6) is 5.75 Å². The first-order chi connectivity index (χ1) is 12.7. The first kappa shape index (κ1) is 16.0. The molecule has 0 fully saturated rings. The van der Waals surface area contributed by atoms with Crippen molar-refractivity contribution in [1.82, 2.24) is 19.9 Å². The van der Waals surface area contributed by atoms with E-state index >= 15 is 0 Å². The van der Waals surface area contributed by atoms with Gasteiger partial charge < -0.3 is 19.6 Å². The molecule has 0 unspecified atom stereocenters. The van der Waals surface area contributed by atoms with E-state index in [0.29, 0.717) is 12.1 Å². The Balaban J connectivity index is 1.43. The molecule has 0 radical (unpaired) electrons. The normalized spacial score (nSPS) is 10.8. The molecule has 2 aromatic heterocycles. The lowest BCUT2D eigenvalue weighted by Gasteiger charge is -2.06. The summed E-state index contributed by atoms with van der Waals surface area (Å²) < 4.78 is 7.12. The van der Waals surface area contributed by atoms with Crippen molar-refractivity contribution in [2.75, 3.05) is 7.11 Å². The molecule has 0 aliphatic rings. The van der Waals surface area contributed by atoms with E-state index in [0.717, 1.165) is 28.0 Å². The fourth-order valence-electron chi connectivity index (χ4n) is 2.87. The Bertz CT molecular complexity index is 1030. The third-order valence-electron chi connectivity index (χ3n) is 4.26. The minimum atomic E-state index is -0.113. The molecule has 2 heterocycles. The number of nitrogens with zero attached hydrogens (tertiary/aromatic N) is 2. The van der Waals surface area contributed by atoms with Crippen molar-refractivity contribution in [1.29, 1.82) is 0 Å². The van der Waals surface area contributed by atoms with Gasteiger partial charge >= 0.3 is 0 Å². The SMILES string of the molecule is COc1ccc2[nH]c(CNC(=O)c3ccc(-n4ccnc4)cc3)cc2c1. The minimum Gasteiger partial charge on any atom is -0.497 e. The number of aromatic nitrogens is 3. The highest BCUT2D eigenvalue weighted by atomic mass is 16.5. The van der Waals surface area contributed by atoms with Crippen LogP contribution in [0.2, 0.25) is 0 Å². The number of hydrogen-bond donors (Lipinski definition) is 2. The average molecular weight is 346 g/mol. The lowest BCUT2D eigenvalue weighted by Crippen LogP contribution is -2.22. The Hall–Kier alpha value is -3.54. The maximum atomic E-state index is 12.4. The van der Waals surface area contributed by atoms with E-state index in [4.69, 9.17) is 4.74 Å². The van der Waals surface area contributed by atoms with Crippen LogP contribution in [-0.2, 0) is 6.54 Å². The van der Waals surface area contributed by atoms with Gasteiger partial charge in [-0.25, -0.2) is 4.98 Å². The van der Waals surface area contributed by atoms with Crippen LogP contribution < -0.4 is 10.1 Å². The summed E-state index contributed by atoms with van der Waals surface area (Å²) in [5.41, 5.74) is 3.53. The monoisotopic (exact) mass is 346 g/mol. The number of fused-ring (bicyclic) bond motifs is 1. The number of aromatic amines is 1. The van der Waals surface area contributed by atoms with Gasteiger partial charge in [-0.3, -0.25) is 4.79 Å². The fourth-order valence-corrected chi connectivity index (χ4v) is 2.87. The number of carbonyl (C=O) groups is 1. The predicted molar refractivity (Wildman–Crippen MR) is 99.6 cm³/mol. The summed E-state index contributed by atoms with van der Waals surface area (Å²) in [7, 11) is 1.65. The van der Waals surface area contributed by atoms with Crippen LogP contribution in [0.1, 0.15) is 16.1 Å². The zero-order chi connectivity index (χ0) is 17.9. The highest BCUT2D eigenvalue weighted by Gasteiger charge is 2.08. The maximum absolute atomic E-state index is 12.4. The second-order valence-electron chi connectivity index (χ2n) is 5.95. The number of nitrogens with one attached hydrogen (secondary N) is 2. The van der Waals surface area contributed by atoms with Crippen LogP contribution >= 0.6 is 0 Å². The summed E-state index contributed by atoms with van der Waals surface area (Å²) in [5.74, 6) is 0.698. The van der Waals surface area contributed by atoms with Gasteiger partial charge in [-0.2, -0.15) is 0 Å². The van der Waals surface area contributed by atoms with E-state index < -0.39 is 0 Å². The summed E-state index contributed by atoms with van der Waals surface area (Å²) in [6.07, 6.45) is 5.30. The van der Waals surface area contributed by atoms with Crippen molar-refractivity contribution in [3.05, 3.63) is 78.5 Å². The second-order valence-corrected chi connectivity index (χ2v) is 5.95. The third-order valence-corrected chi connectivity index (χ3v) is 4.26. The quantitative estimate of drug-likeness (QED) is 0.582. The van der Waals surface area contributed by atoms with E-state index in [1.165, 1.54) is 0 Å². The Morgan fingerprint density at radius 1 is 1.19 bits per heavy atom. The van der Waals surface area contributed by atoms with E-state index in [2.05, 4.69) is 15.3 Å². The van der Waals surface area contributed by atoms with Crippen LogP contribution in [0.4, 0.5) is 0 Å². The first-order valence-corrected chi connectivity index (χ1v) is 8.25. The van der Waals surface area contributed by atoms with Crippen LogP contribution in [-0.4, -0.2) is 27.6 Å². The number of H-pyrrole nitrogens is 1. The van der Waals surface area contributed by atoms with Crippen molar-refractivity contribution in [3.8, 4) is 11.4 Å². The smallest absolute Gasteiger partial charge is 0.251 e. The van der Waals surface area contributed by atoms with Crippen LogP contribution in [0, 0.1) is 0 Å². The van der Waals surface area contributed by atoms with Gasteiger partial charge in [0.1, 0.15) is 5.75 Å². The van der Waals surface area contributed by atoms with Crippen molar-refractivity contribution in [3.63, 3.8) is 0 Å². The number of methoxy groups -OCH3 is 1. The summed E-state index contributed by atoms with van der Waals surface area (Å²) >= 11 is 0. The Kier molecular flexibility index (Phi) is 4.15. The van der Waals surface area contributed by atoms with Gasteiger partial charge in [-0.15, -0.1) is 0 Å². The van der Waals surface area contributed by atoms with Gasteiger partial charge in [0.25, 0.3) is 5.91 Å². The third kappa shape index (κ3) is 3.17. The minimum absolute atomic E-state index is 0.113. The number of ether oxygens (including phenoxy) is 1. The summed E-state index contributed by atoms with van der Waals surface area (Å²) in [5, 5.41) is 3.99. The van der Waals surface area contributed by atoms with Crippen LogP contribution in [0.3, 0.4) is 0 Å². The molecule has 0 aliphatic carbocycles. The van der Waals surface area contributed by atoms with Crippen molar-refractivity contribution in [2.24, 2.45) is 0 Å². The molecular weight excluding hydrogens is 328 g/mol. The van der Waals surface area contributed by atoms with Crippen molar-refractivity contribution in [2.45, 2.75) is 6.54 Å². The Morgan fingerprint density at radius 2 is 2.04 bits per heavy atom. The maximum Gasteiger partial charge on any atom is 0.251 e. The van der Waals surface area contributed by atoms with Gasteiger partial charge in [0.05, 0.1) is 20.0 Å². The van der Waals surface area contributed by atoms with Gasteiger partial charge in [-0.1, -0.05) is 0 Å². The molecule has 0 saturated carbocycles. The molecule has 26 heavy (non-hydrogen) atoms. The van der Waals surface area contributed by atoms with Crippen molar-refractivity contribution >= 4 is 16.8 Å². The molecule has 0 aliphatic heterocycles. The highest BCUT2D eigenvalue weighted by molar-refractivity contribution is 5.94. The van der Waals surface area contributed by atoms with Crippen LogP contribution in [0.15, 0.2) is 67.3 Å². The molecule has 130 valence electrons. The molecule has 2 N–H and O–H groups in total. The average Bonchev–Trinajstić information content (AvgIpc) is 3.35. The summed E-state index contributed by atoms with van der Waals surface area (Å²) in [4.78, 5) is 19.7. The van der Waals surface area contributed by atoms with E-state index in [1.54, 1.807) is 31.8 Å². The number of benzene rings is 2. The number of imidazole rings is 1. The largest absolute Gasteiger partial charge is 0.497 e. The van der Waals surface area contributed by atoms with Gasteiger partial charge in [0.15, 0.2) is 0 Å². The number of rotatable bonds is 5. The molecular formula is C20H18N4O2. The van der Waals surface area contributed by atoms with Crippen LogP contribution in [0.25, 0.3) is 16.6 Å². The molecule has 1 amide bonds. The molecule has 0 bridgehead atoms. The molecule has 0 spiro atoms. The molecule has 6 heteroatoms. The lowest BCUT2D eigenvalue weighted by molar-refractivity contribution is 0.0950. The number of hydrogen-bond acceptors (Lipinski definition) is 3. The molecule has 0 atom stereocenters. The first-order valence-electron chi connectivity index (χ1n) is 8.25. The van der Waals surface area contributed by atoms with Gasteiger partial charge in [-0.05, 0) is 48.5 Å². The molecule has 4 rings (SSSR count). The summed E-state index contributed by atoms with van der Waals surface area (Å²) in [6.45, 7) is 0.430. The predicted octanol–water partition coefficient (Wildman–Crippen LogP) is 3.29. The topological polar surface area (TPSA) is 71.9 Å². The Labute approximate surface area is 150 Å². The molecule has 0 saturated heterocycles. The zero-order valence-electron chi connectivity index (χ0n) is 14.3. The van der Waals surface area contributed by atoms with Gasteiger partial charge in [0.2, 0.25) is 0 Å². The molecule has 4 aromatic rings. The van der Waals surface area contributed by atoms with E-state index in [1.807, 2.05) is 47.2 Å². The molecule has 6 nitrogen and oxygen atoms in total.